The van der Waals surface area contributed by atoms with Gasteiger partial charge >= 0.3 is 12.1 Å². The van der Waals surface area contributed by atoms with Gasteiger partial charge in [0.15, 0.2) is 0 Å². The Kier molecular flexibility index (Phi) is 4.78. The molecule has 0 fully saturated rings. The molecule has 1 aromatic heterocycles. The Morgan fingerprint density at radius 2 is 1.63 bits per heavy atom. The van der Waals surface area contributed by atoms with Crippen LogP contribution in [0.2, 0.25) is 0 Å². The molecule has 0 spiro atoms. The van der Waals surface area contributed by atoms with Crippen molar-refractivity contribution in [3.63, 3.8) is 0 Å². The summed E-state index contributed by atoms with van der Waals surface area (Å²) in [6, 6.07) is 12.6. The Labute approximate surface area is 152 Å². The van der Waals surface area contributed by atoms with Gasteiger partial charge in [-0.2, -0.15) is 13.2 Å². The summed E-state index contributed by atoms with van der Waals surface area (Å²) >= 11 is 0. The van der Waals surface area contributed by atoms with Gasteiger partial charge in [-0.3, -0.25) is 4.79 Å². The molecule has 0 unspecified atom stereocenters. The molecule has 2 aromatic carbocycles. The van der Waals surface area contributed by atoms with Crippen molar-refractivity contribution in [1.82, 2.24) is 4.57 Å². The number of carboxylic acid groups (broad SMARTS) is 1. The highest BCUT2D eigenvalue weighted by molar-refractivity contribution is 5.74. The molecular formula is C20H15F4NO2. The predicted molar refractivity (Wildman–Crippen MR) is 92.2 cm³/mol. The van der Waals surface area contributed by atoms with Gasteiger partial charge < -0.3 is 9.67 Å². The zero-order valence-electron chi connectivity index (χ0n) is 14.2. The first-order chi connectivity index (χ1) is 12.7. The minimum Gasteiger partial charge on any atom is -0.481 e. The smallest absolute Gasteiger partial charge is 0.432 e. The van der Waals surface area contributed by atoms with Crippen LogP contribution in [-0.2, 0) is 17.4 Å². The highest BCUT2D eigenvalue weighted by Gasteiger charge is 2.39. The molecule has 0 radical (unpaired) electrons. The molecule has 0 bridgehead atoms. The van der Waals surface area contributed by atoms with E-state index < -0.39 is 30.1 Å². The van der Waals surface area contributed by atoms with Gasteiger partial charge in [0.05, 0.1) is 12.1 Å². The average molecular weight is 377 g/mol. The van der Waals surface area contributed by atoms with Crippen molar-refractivity contribution in [1.29, 1.82) is 0 Å². The largest absolute Gasteiger partial charge is 0.481 e. The minimum atomic E-state index is -4.79. The Morgan fingerprint density at radius 1 is 1.04 bits per heavy atom. The normalized spacial score (nSPS) is 11.6. The maximum atomic E-state index is 13.8. The summed E-state index contributed by atoms with van der Waals surface area (Å²) in [7, 11) is 0. The van der Waals surface area contributed by atoms with E-state index in [0.717, 1.165) is 22.3 Å². The number of alkyl halides is 3. The van der Waals surface area contributed by atoms with Crippen molar-refractivity contribution in [2.75, 3.05) is 0 Å². The summed E-state index contributed by atoms with van der Waals surface area (Å²) in [6.07, 6.45) is -5.57. The second-order valence-corrected chi connectivity index (χ2v) is 6.15. The van der Waals surface area contributed by atoms with Crippen LogP contribution < -0.4 is 0 Å². The van der Waals surface area contributed by atoms with E-state index in [2.05, 4.69) is 0 Å². The Morgan fingerprint density at radius 3 is 2.15 bits per heavy atom. The van der Waals surface area contributed by atoms with Gasteiger partial charge in [-0.25, -0.2) is 4.39 Å². The second kappa shape index (κ2) is 6.90. The van der Waals surface area contributed by atoms with E-state index in [1.807, 2.05) is 6.92 Å². The van der Waals surface area contributed by atoms with E-state index in [9.17, 15) is 22.4 Å². The third-order valence-electron chi connectivity index (χ3n) is 4.12. The number of aromatic nitrogens is 1. The molecule has 0 aliphatic heterocycles. The topological polar surface area (TPSA) is 42.2 Å². The number of aryl methyl sites for hydroxylation is 1. The molecule has 0 saturated carbocycles. The molecule has 3 nitrogen and oxygen atoms in total. The lowest BCUT2D eigenvalue weighted by atomic mass is 10.1. The standard InChI is InChI=1S/C20H15F4NO2/c1-12-2-4-13(5-3-12)17-10-14(11-18(26)27)19(20(22,23)24)25(17)16-8-6-15(21)7-9-16/h2-10H,11H2,1H3,(H,26,27). The van der Waals surface area contributed by atoms with E-state index in [0.29, 0.717) is 5.56 Å². The quantitative estimate of drug-likeness (QED) is 0.632. The highest BCUT2D eigenvalue weighted by Crippen LogP contribution is 2.39. The number of rotatable bonds is 4. The molecule has 1 N–H and O–H groups in total. The van der Waals surface area contributed by atoms with E-state index >= 15 is 0 Å². The number of halogens is 4. The molecule has 140 valence electrons. The van der Waals surface area contributed by atoms with E-state index in [1.54, 1.807) is 24.3 Å². The maximum Gasteiger partial charge on any atom is 0.432 e. The Bertz CT molecular complexity index is 971. The summed E-state index contributed by atoms with van der Waals surface area (Å²) in [6.45, 7) is 1.85. The number of nitrogens with zero attached hydrogens (tertiary/aromatic N) is 1. The number of carboxylic acids is 1. The Balaban J connectivity index is 2.34. The van der Waals surface area contributed by atoms with Crippen LogP contribution in [0, 0.1) is 12.7 Å². The van der Waals surface area contributed by atoms with E-state index in [1.165, 1.54) is 18.2 Å². The number of benzene rings is 2. The lowest BCUT2D eigenvalue weighted by Gasteiger charge is -2.17. The van der Waals surface area contributed by atoms with Gasteiger partial charge in [0.25, 0.3) is 0 Å². The van der Waals surface area contributed by atoms with Gasteiger partial charge in [0.1, 0.15) is 11.5 Å². The third-order valence-corrected chi connectivity index (χ3v) is 4.12. The fraction of sp³-hybridized carbons (Fsp3) is 0.150. The lowest BCUT2D eigenvalue weighted by Crippen LogP contribution is -2.16. The molecule has 27 heavy (non-hydrogen) atoms. The first-order valence-corrected chi connectivity index (χ1v) is 8.03. The molecule has 0 amide bonds. The van der Waals surface area contributed by atoms with Gasteiger partial charge in [-0.15, -0.1) is 0 Å². The van der Waals surface area contributed by atoms with Crippen molar-refractivity contribution >= 4 is 5.97 Å². The SMILES string of the molecule is Cc1ccc(-c2cc(CC(=O)O)c(C(F)(F)F)n2-c2ccc(F)cc2)cc1. The van der Waals surface area contributed by atoms with Gasteiger partial charge in [-0.1, -0.05) is 29.8 Å². The fourth-order valence-corrected chi connectivity index (χ4v) is 2.96. The van der Waals surface area contributed by atoms with Crippen molar-refractivity contribution in [2.24, 2.45) is 0 Å². The molecule has 0 saturated heterocycles. The third kappa shape index (κ3) is 3.86. The predicted octanol–water partition coefficient (Wildman–Crippen LogP) is 5.24. The molecule has 0 atom stereocenters. The minimum absolute atomic E-state index is 0.0935. The first kappa shape index (κ1) is 18.7. The fourth-order valence-electron chi connectivity index (χ4n) is 2.96. The first-order valence-electron chi connectivity index (χ1n) is 8.03. The van der Waals surface area contributed by atoms with Crippen LogP contribution in [0.15, 0.2) is 54.6 Å². The number of aliphatic carboxylic acids is 1. The Hall–Kier alpha value is -3.09. The van der Waals surface area contributed by atoms with E-state index in [4.69, 9.17) is 5.11 Å². The van der Waals surface area contributed by atoms with Crippen LogP contribution in [-0.4, -0.2) is 15.6 Å². The van der Waals surface area contributed by atoms with Crippen LogP contribution in [0.25, 0.3) is 16.9 Å². The van der Waals surface area contributed by atoms with Crippen molar-refractivity contribution in [3.8, 4) is 16.9 Å². The number of hydrogen-bond acceptors (Lipinski definition) is 1. The molecule has 3 aromatic rings. The summed E-state index contributed by atoms with van der Waals surface area (Å²) in [5.41, 5.74) is 0.274. The highest BCUT2D eigenvalue weighted by atomic mass is 19.4. The molecule has 0 aliphatic rings. The molecule has 3 rings (SSSR count). The second-order valence-electron chi connectivity index (χ2n) is 6.15. The summed E-state index contributed by atoms with van der Waals surface area (Å²) in [5.74, 6) is -1.95. The monoisotopic (exact) mass is 377 g/mol. The van der Waals surface area contributed by atoms with Crippen LogP contribution in [0.1, 0.15) is 16.8 Å². The van der Waals surface area contributed by atoms with Gasteiger partial charge in [0, 0.05) is 5.69 Å². The zero-order valence-corrected chi connectivity index (χ0v) is 14.2. The van der Waals surface area contributed by atoms with Crippen molar-refractivity contribution in [2.45, 2.75) is 19.5 Å². The number of carbonyl (C=O) groups is 1. The van der Waals surface area contributed by atoms with E-state index in [-0.39, 0.29) is 16.9 Å². The molecule has 7 heteroatoms. The molecular weight excluding hydrogens is 362 g/mol. The molecule has 0 aliphatic carbocycles. The average Bonchev–Trinajstić information content (AvgIpc) is 2.95. The lowest BCUT2D eigenvalue weighted by molar-refractivity contribution is -0.143. The summed E-state index contributed by atoms with van der Waals surface area (Å²) < 4.78 is 55.7. The number of hydrogen-bond donors (Lipinski definition) is 1. The van der Waals surface area contributed by atoms with Gasteiger partial charge in [0.2, 0.25) is 0 Å². The van der Waals surface area contributed by atoms with Crippen molar-refractivity contribution in [3.05, 3.63) is 77.2 Å². The van der Waals surface area contributed by atoms with Crippen LogP contribution >= 0.6 is 0 Å². The van der Waals surface area contributed by atoms with Crippen molar-refractivity contribution < 1.29 is 27.5 Å². The summed E-state index contributed by atoms with van der Waals surface area (Å²) in [4.78, 5) is 11.1. The maximum absolute atomic E-state index is 13.8. The van der Waals surface area contributed by atoms with Gasteiger partial charge in [-0.05, 0) is 48.4 Å². The zero-order chi connectivity index (χ0) is 19.8. The van der Waals surface area contributed by atoms with Crippen LogP contribution in [0.4, 0.5) is 17.6 Å². The molecule has 1 heterocycles. The van der Waals surface area contributed by atoms with Crippen LogP contribution in [0.3, 0.4) is 0 Å². The van der Waals surface area contributed by atoms with Crippen LogP contribution in [0.5, 0.6) is 0 Å². The summed E-state index contributed by atoms with van der Waals surface area (Å²) in [5, 5.41) is 9.04.